The van der Waals surface area contributed by atoms with Gasteiger partial charge in [-0.1, -0.05) is 23.4 Å². The predicted octanol–water partition coefficient (Wildman–Crippen LogP) is 3.07. The average Bonchev–Trinajstić information content (AvgIpc) is 3.25. The molecule has 0 amide bonds. The van der Waals surface area contributed by atoms with Crippen molar-refractivity contribution in [3.63, 3.8) is 0 Å². The number of hydrogen-bond donors (Lipinski definition) is 0. The van der Waals surface area contributed by atoms with Gasteiger partial charge in [0.1, 0.15) is 0 Å². The van der Waals surface area contributed by atoms with Crippen molar-refractivity contribution in [2.45, 2.75) is 31.8 Å². The molecule has 2 atom stereocenters. The van der Waals surface area contributed by atoms with Crippen LogP contribution in [0, 0.1) is 0 Å². The van der Waals surface area contributed by atoms with Crippen molar-refractivity contribution >= 4 is 0 Å². The standard InChI is InChI=1S/C16H16N4O3/c1-10-9-12(7-8-21-10)14-17-13(20-23-14)16-19-18-15(22-16)11-5-3-2-4-6-11/h2-6,10,12H,7-9H2,1H3. The molecule has 1 fully saturated rings. The number of benzene rings is 1. The number of hydrogen-bond acceptors (Lipinski definition) is 7. The van der Waals surface area contributed by atoms with Crippen molar-refractivity contribution in [2.24, 2.45) is 0 Å². The van der Waals surface area contributed by atoms with Gasteiger partial charge in [-0.25, -0.2) is 0 Å². The Morgan fingerprint density at radius 2 is 1.91 bits per heavy atom. The summed E-state index contributed by atoms with van der Waals surface area (Å²) in [5.74, 6) is 1.85. The minimum Gasteiger partial charge on any atom is -0.413 e. The molecule has 3 aromatic rings. The van der Waals surface area contributed by atoms with Crippen LogP contribution >= 0.6 is 0 Å². The Morgan fingerprint density at radius 1 is 1.09 bits per heavy atom. The van der Waals surface area contributed by atoms with Crippen molar-refractivity contribution in [3.8, 4) is 23.2 Å². The van der Waals surface area contributed by atoms with E-state index >= 15 is 0 Å². The molecule has 1 aliphatic heterocycles. The highest BCUT2D eigenvalue weighted by atomic mass is 16.5. The molecule has 1 aromatic carbocycles. The summed E-state index contributed by atoms with van der Waals surface area (Å²) in [5.41, 5.74) is 0.855. The van der Waals surface area contributed by atoms with Gasteiger partial charge < -0.3 is 13.7 Å². The van der Waals surface area contributed by atoms with Crippen LogP contribution in [0.25, 0.3) is 23.2 Å². The zero-order valence-corrected chi connectivity index (χ0v) is 12.7. The fourth-order valence-electron chi connectivity index (χ4n) is 2.72. The zero-order valence-electron chi connectivity index (χ0n) is 12.7. The molecule has 4 rings (SSSR count). The van der Waals surface area contributed by atoms with E-state index in [-0.39, 0.29) is 17.9 Å². The molecule has 2 aromatic heterocycles. The third-order valence-electron chi connectivity index (χ3n) is 3.91. The Bertz CT molecular complexity index is 783. The molecule has 0 spiro atoms. The lowest BCUT2D eigenvalue weighted by Crippen LogP contribution is -2.21. The van der Waals surface area contributed by atoms with Crippen molar-refractivity contribution < 1.29 is 13.7 Å². The molecule has 0 N–H and O–H groups in total. The highest BCUT2D eigenvalue weighted by Crippen LogP contribution is 2.30. The van der Waals surface area contributed by atoms with Crippen molar-refractivity contribution in [1.82, 2.24) is 20.3 Å². The lowest BCUT2D eigenvalue weighted by atomic mass is 9.96. The largest absolute Gasteiger partial charge is 0.413 e. The second kappa shape index (κ2) is 5.92. The summed E-state index contributed by atoms with van der Waals surface area (Å²) in [4.78, 5) is 4.42. The molecule has 0 saturated carbocycles. The molecule has 23 heavy (non-hydrogen) atoms. The van der Waals surface area contributed by atoms with Crippen LogP contribution < -0.4 is 0 Å². The molecule has 2 unspecified atom stereocenters. The molecule has 0 bridgehead atoms. The van der Waals surface area contributed by atoms with E-state index in [0.29, 0.717) is 24.2 Å². The summed E-state index contributed by atoms with van der Waals surface area (Å²) >= 11 is 0. The van der Waals surface area contributed by atoms with Crippen LogP contribution in [0.4, 0.5) is 0 Å². The maximum absolute atomic E-state index is 5.65. The SMILES string of the molecule is CC1CC(c2nc(-c3nnc(-c4ccccc4)o3)no2)CCO1. The second-order valence-electron chi connectivity index (χ2n) is 5.64. The van der Waals surface area contributed by atoms with Gasteiger partial charge in [0.05, 0.1) is 6.10 Å². The minimum atomic E-state index is 0.206. The van der Waals surface area contributed by atoms with Gasteiger partial charge >= 0.3 is 0 Å². The van der Waals surface area contributed by atoms with E-state index in [9.17, 15) is 0 Å². The lowest BCUT2D eigenvalue weighted by Gasteiger charge is -2.24. The number of aromatic nitrogens is 4. The van der Waals surface area contributed by atoms with Crippen molar-refractivity contribution in [2.75, 3.05) is 6.61 Å². The molecule has 0 aliphatic carbocycles. The molecular formula is C16H16N4O3. The monoisotopic (exact) mass is 312 g/mol. The third kappa shape index (κ3) is 2.87. The van der Waals surface area contributed by atoms with E-state index in [1.807, 2.05) is 37.3 Å². The van der Waals surface area contributed by atoms with Crippen LogP contribution in [-0.2, 0) is 4.74 Å². The lowest BCUT2D eigenvalue weighted by molar-refractivity contribution is 0.0134. The van der Waals surface area contributed by atoms with Crippen molar-refractivity contribution in [3.05, 3.63) is 36.2 Å². The van der Waals surface area contributed by atoms with Gasteiger partial charge in [-0.2, -0.15) is 4.98 Å². The van der Waals surface area contributed by atoms with E-state index in [1.165, 1.54) is 0 Å². The molecule has 0 radical (unpaired) electrons. The van der Waals surface area contributed by atoms with E-state index < -0.39 is 0 Å². The van der Waals surface area contributed by atoms with Gasteiger partial charge in [0.15, 0.2) is 0 Å². The molecule has 3 heterocycles. The van der Waals surface area contributed by atoms with Gasteiger partial charge in [-0.15, -0.1) is 10.2 Å². The first-order chi connectivity index (χ1) is 11.3. The van der Waals surface area contributed by atoms with Crippen LogP contribution in [0.1, 0.15) is 31.6 Å². The quantitative estimate of drug-likeness (QED) is 0.734. The van der Waals surface area contributed by atoms with Gasteiger partial charge in [0.2, 0.25) is 11.8 Å². The summed E-state index contributed by atoms with van der Waals surface area (Å²) in [7, 11) is 0. The fraction of sp³-hybridized carbons (Fsp3) is 0.375. The smallest absolute Gasteiger partial charge is 0.289 e. The molecule has 7 nitrogen and oxygen atoms in total. The van der Waals surface area contributed by atoms with E-state index in [4.69, 9.17) is 13.7 Å². The Balaban J connectivity index is 1.56. The third-order valence-corrected chi connectivity index (χ3v) is 3.91. The summed E-state index contributed by atoms with van der Waals surface area (Å²) in [6, 6.07) is 9.57. The first-order valence-corrected chi connectivity index (χ1v) is 7.64. The Morgan fingerprint density at radius 3 is 2.74 bits per heavy atom. The summed E-state index contributed by atoms with van der Waals surface area (Å²) in [5, 5.41) is 12.0. The molecular weight excluding hydrogens is 296 g/mol. The highest BCUT2D eigenvalue weighted by Gasteiger charge is 2.27. The van der Waals surface area contributed by atoms with E-state index in [1.54, 1.807) is 0 Å². The molecule has 1 aliphatic rings. The Hall–Kier alpha value is -2.54. The highest BCUT2D eigenvalue weighted by molar-refractivity contribution is 5.53. The maximum Gasteiger partial charge on any atom is 0.289 e. The summed E-state index contributed by atoms with van der Waals surface area (Å²) in [6.45, 7) is 2.76. The first kappa shape index (κ1) is 14.1. The second-order valence-corrected chi connectivity index (χ2v) is 5.64. The zero-order chi connectivity index (χ0) is 15.6. The maximum atomic E-state index is 5.65. The topological polar surface area (TPSA) is 87.1 Å². The average molecular weight is 312 g/mol. The fourth-order valence-corrected chi connectivity index (χ4v) is 2.72. The van der Waals surface area contributed by atoms with Gasteiger partial charge in [0, 0.05) is 18.1 Å². The Kier molecular flexibility index (Phi) is 3.63. The van der Waals surface area contributed by atoms with Crippen LogP contribution in [0.15, 0.2) is 39.3 Å². The molecule has 118 valence electrons. The van der Waals surface area contributed by atoms with Crippen LogP contribution in [0.2, 0.25) is 0 Å². The summed E-state index contributed by atoms with van der Waals surface area (Å²) in [6.07, 6.45) is 1.96. The first-order valence-electron chi connectivity index (χ1n) is 7.64. The molecule has 1 saturated heterocycles. The minimum absolute atomic E-state index is 0.206. The number of ether oxygens (including phenoxy) is 1. The van der Waals surface area contributed by atoms with Gasteiger partial charge in [-0.05, 0) is 31.9 Å². The molecule has 7 heteroatoms. The van der Waals surface area contributed by atoms with E-state index in [2.05, 4.69) is 20.3 Å². The van der Waals surface area contributed by atoms with Crippen molar-refractivity contribution in [1.29, 1.82) is 0 Å². The number of rotatable bonds is 3. The number of nitrogens with zero attached hydrogens (tertiary/aromatic N) is 4. The normalized spacial score (nSPS) is 21.4. The predicted molar refractivity (Wildman–Crippen MR) is 80.4 cm³/mol. The van der Waals surface area contributed by atoms with Gasteiger partial charge in [-0.3, -0.25) is 0 Å². The van der Waals surface area contributed by atoms with E-state index in [0.717, 1.165) is 18.4 Å². The van der Waals surface area contributed by atoms with Gasteiger partial charge in [0.25, 0.3) is 11.7 Å². The van der Waals surface area contributed by atoms with Crippen LogP contribution in [0.5, 0.6) is 0 Å². The Labute approximate surface area is 132 Å². The van der Waals surface area contributed by atoms with Crippen LogP contribution in [-0.4, -0.2) is 33.0 Å². The van der Waals surface area contributed by atoms with Crippen LogP contribution in [0.3, 0.4) is 0 Å². The summed E-state index contributed by atoms with van der Waals surface area (Å²) < 4.78 is 16.6.